The minimum Gasteiger partial charge on any atom is -0.455 e. The molecule has 0 aliphatic carbocycles. The normalized spacial score (nSPS) is 13.6. The number of hydrogen-bond acceptors (Lipinski definition) is 3. The molecular weight excluding hydrogens is 896 g/mol. The number of rotatable bonds is 5. The van der Waals surface area contributed by atoms with Gasteiger partial charge in [0, 0.05) is 55.9 Å². The lowest BCUT2D eigenvalue weighted by Gasteiger charge is -2.45. The molecule has 2 aliphatic rings. The molecule has 3 heterocycles. The van der Waals surface area contributed by atoms with Gasteiger partial charge in [-0.1, -0.05) is 229 Å². The van der Waals surface area contributed by atoms with Crippen molar-refractivity contribution >= 4 is 79.2 Å². The molecular formula is C70H67BN2O. The van der Waals surface area contributed by atoms with Crippen LogP contribution in [0.3, 0.4) is 0 Å². The summed E-state index contributed by atoms with van der Waals surface area (Å²) >= 11 is 0. The van der Waals surface area contributed by atoms with Gasteiger partial charge < -0.3 is 14.2 Å². The fraction of sp³-hybridized carbons (Fsp3) is 0.229. The molecule has 3 nitrogen and oxygen atoms in total. The molecule has 1 aromatic heterocycles. The van der Waals surface area contributed by atoms with E-state index in [-0.39, 0.29) is 28.4 Å². The SMILES string of the molecule is CC(C)(C)c1ccc(N2c3ccc(C(C)(C)C)cc3B3c4cc(C(C)(C)C)ccc4N(c4ccccc4-c4cccc5c4oc4c(C(C)(C)C)cccc45)c4cc(-c5ccc(-c6ccccc6)cc5)cc2c43)cc1. The maximum atomic E-state index is 7.16. The van der Waals surface area contributed by atoms with Crippen LogP contribution in [0, 0.1) is 0 Å². The topological polar surface area (TPSA) is 19.6 Å². The smallest absolute Gasteiger partial charge is 0.252 e. The molecule has 0 N–H and O–H groups in total. The van der Waals surface area contributed by atoms with Crippen LogP contribution in [0.2, 0.25) is 0 Å². The summed E-state index contributed by atoms with van der Waals surface area (Å²) in [6.07, 6.45) is 0. The number of nitrogens with zero attached hydrogens (tertiary/aromatic N) is 2. The molecule has 0 unspecified atom stereocenters. The predicted octanol–water partition coefficient (Wildman–Crippen LogP) is 17.9. The van der Waals surface area contributed by atoms with Crippen LogP contribution in [0.4, 0.5) is 34.1 Å². The summed E-state index contributed by atoms with van der Waals surface area (Å²) in [4.78, 5) is 5.16. The van der Waals surface area contributed by atoms with E-state index < -0.39 is 0 Å². The zero-order valence-corrected chi connectivity index (χ0v) is 45.3. The molecule has 12 rings (SSSR count). The van der Waals surface area contributed by atoms with Gasteiger partial charge in [0.15, 0.2) is 0 Å². The van der Waals surface area contributed by atoms with E-state index in [4.69, 9.17) is 4.42 Å². The summed E-state index contributed by atoms with van der Waals surface area (Å²) in [6, 6.07) is 71.1. The van der Waals surface area contributed by atoms with Gasteiger partial charge in [-0.2, -0.15) is 0 Å². The highest BCUT2D eigenvalue weighted by Gasteiger charge is 2.45. The van der Waals surface area contributed by atoms with E-state index in [1.165, 1.54) is 78.1 Å². The van der Waals surface area contributed by atoms with Gasteiger partial charge in [-0.15, -0.1) is 0 Å². The lowest BCUT2D eigenvalue weighted by atomic mass is 9.33. The van der Waals surface area contributed by atoms with Crippen molar-refractivity contribution in [2.45, 2.75) is 105 Å². The summed E-state index contributed by atoms with van der Waals surface area (Å²) in [6.45, 7) is 27.7. The summed E-state index contributed by atoms with van der Waals surface area (Å²) in [5.41, 5.74) is 24.7. The van der Waals surface area contributed by atoms with Crippen molar-refractivity contribution in [1.29, 1.82) is 0 Å². The van der Waals surface area contributed by atoms with Crippen molar-refractivity contribution in [1.82, 2.24) is 0 Å². The largest absolute Gasteiger partial charge is 0.455 e. The first-order valence-electron chi connectivity index (χ1n) is 26.6. The van der Waals surface area contributed by atoms with Crippen LogP contribution in [0.1, 0.15) is 105 Å². The number of hydrogen-bond donors (Lipinski definition) is 0. The zero-order valence-electron chi connectivity index (χ0n) is 45.3. The second-order valence-electron chi connectivity index (χ2n) is 25.1. The predicted molar refractivity (Wildman–Crippen MR) is 319 cm³/mol. The molecule has 10 aromatic rings. The Morgan fingerprint density at radius 2 is 0.824 bits per heavy atom. The van der Waals surface area contributed by atoms with Gasteiger partial charge in [0.05, 0.1) is 5.69 Å². The third kappa shape index (κ3) is 7.88. The van der Waals surface area contributed by atoms with Crippen molar-refractivity contribution in [3.63, 3.8) is 0 Å². The Morgan fingerprint density at radius 3 is 1.42 bits per heavy atom. The molecule has 0 fully saturated rings. The van der Waals surface area contributed by atoms with E-state index in [1.807, 2.05) is 0 Å². The first-order chi connectivity index (χ1) is 35.2. The highest BCUT2D eigenvalue weighted by molar-refractivity contribution is 7.00. The lowest BCUT2D eigenvalue weighted by molar-refractivity contribution is 0.573. The van der Waals surface area contributed by atoms with Gasteiger partial charge in [0.25, 0.3) is 6.71 Å². The van der Waals surface area contributed by atoms with Crippen molar-refractivity contribution in [2.75, 3.05) is 9.80 Å². The molecule has 4 heteroatoms. The third-order valence-electron chi connectivity index (χ3n) is 15.9. The molecule has 0 saturated carbocycles. The van der Waals surface area contributed by atoms with E-state index >= 15 is 0 Å². The minimum atomic E-state index is -0.0911. The molecule has 2 aliphatic heterocycles. The van der Waals surface area contributed by atoms with Gasteiger partial charge in [0.2, 0.25) is 0 Å². The Morgan fingerprint density at radius 1 is 0.338 bits per heavy atom. The van der Waals surface area contributed by atoms with Crippen LogP contribution >= 0.6 is 0 Å². The van der Waals surface area contributed by atoms with E-state index in [1.54, 1.807) is 0 Å². The lowest BCUT2D eigenvalue weighted by Crippen LogP contribution is -2.61. The molecule has 0 saturated heterocycles. The Kier molecular flexibility index (Phi) is 10.9. The van der Waals surface area contributed by atoms with Crippen LogP contribution < -0.4 is 26.2 Å². The van der Waals surface area contributed by atoms with E-state index in [2.05, 4.69) is 281 Å². The average molecular weight is 963 g/mol. The van der Waals surface area contributed by atoms with Gasteiger partial charge in [0.1, 0.15) is 11.2 Å². The zero-order chi connectivity index (χ0) is 51.6. The number of para-hydroxylation sites is 3. The summed E-state index contributed by atoms with van der Waals surface area (Å²) < 4.78 is 7.16. The fourth-order valence-corrected chi connectivity index (χ4v) is 11.8. The van der Waals surface area contributed by atoms with Crippen LogP contribution in [0.15, 0.2) is 192 Å². The standard InChI is InChI=1S/C70H67BN2O/c1-67(2,3)48-32-36-51(37-33-48)72-60-38-34-49(68(4,5)6)42-57(60)71-58-43-50(69(7,8)9)35-39-61(58)73(63-41-47(40-62(72)64(63)71)46-30-28-45(29-31-46)44-20-14-13-15-21-44)59-27-17-16-22-52(59)53-23-18-24-54-55-25-19-26-56(70(10,11)12)66(55)74-65(53)54/h13-43H,1-12H3. The third-order valence-corrected chi connectivity index (χ3v) is 15.9. The summed E-state index contributed by atoms with van der Waals surface area (Å²) in [5.74, 6) is 0. The Balaban J connectivity index is 1.18. The van der Waals surface area contributed by atoms with Crippen molar-refractivity contribution in [3.8, 4) is 33.4 Å². The minimum absolute atomic E-state index is 0.0139. The number of benzene rings is 9. The van der Waals surface area contributed by atoms with Gasteiger partial charge >= 0.3 is 0 Å². The molecule has 0 radical (unpaired) electrons. The quantitative estimate of drug-likeness (QED) is 0.160. The van der Waals surface area contributed by atoms with E-state index in [0.29, 0.717) is 0 Å². The fourth-order valence-electron chi connectivity index (χ4n) is 11.8. The van der Waals surface area contributed by atoms with Crippen molar-refractivity contribution in [3.05, 3.63) is 210 Å². The van der Waals surface area contributed by atoms with Crippen molar-refractivity contribution < 1.29 is 4.42 Å². The summed E-state index contributed by atoms with van der Waals surface area (Å²) in [7, 11) is 0. The number of furan rings is 1. The number of anilines is 6. The highest BCUT2D eigenvalue weighted by Crippen LogP contribution is 2.50. The average Bonchev–Trinajstić information content (AvgIpc) is 3.78. The molecule has 366 valence electrons. The van der Waals surface area contributed by atoms with Crippen LogP contribution in [0.5, 0.6) is 0 Å². The highest BCUT2D eigenvalue weighted by atomic mass is 16.3. The second kappa shape index (κ2) is 17.0. The Labute approximate surface area is 439 Å². The van der Waals surface area contributed by atoms with Gasteiger partial charge in [-0.05, 0) is 119 Å². The Bertz CT molecular complexity index is 3810. The van der Waals surface area contributed by atoms with Crippen LogP contribution in [-0.4, -0.2) is 6.71 Å². The molecule has 0 bridgehead atoms. The molecule has 0 atom stereocenters. The molecule has 74 heavy (non-hydrogen) atoms. The first kappa shape index (κ1) is 47.4. The summed E-state index contributed by atoms with van der Waals surface area (Å²) in [5, 5.41) is 2.28. The maximum Gasteiger partial charge on any atom is 0.252 e. The second-order valence-corrected chi connectivity index (χ2v) is 25.1. The first-order valence-corrected chi connectivity index (χ1v) is 26.6. The van der Waals surface area contributed by atoms with Gasteiger partial charge in [-0.3, -0.25) is 0 Å². The molecule has 0 spiro atoms. The van der Waals surface area contributed by atoms with Crippen molar-refractivity contribution in [2.24, 2.45) is 0 Å². The molecule has 0 amide bonds. The van der Waals surface area contributed by atoms with Gasteiger partial charge in [-0.25, -0.2) is 0 Å². The maximum absolute atomic E-state index is 7.16. The molecule has 9 aromatic carbocycles. The number of fused-ring (bicyclic) bond motifs is 7. The van der Waals surface area contributed by atoms with E-state index in [0.717, 1.165) is 50.0 Å². The van der Waals surface area contributed by atoms with E-state index in [9.17, 15) is 0 Å². The van der Waals surface area contributed by atoms with Crippen LogP contribution in [-0.2, 0) is 21.7 Å². The Hall–Kier alpha value is -7.56. The van der Waals surface area contributed by atoms with Crippen LogP contribution in [0.25, 0.3) is 55.3 Å². The monoisotopic (exact) mass is 963 g/mol.